The number of carbonyl (C=O) groups excluding carboxylic acids is 1. The van der Waals surface area contributed by atoms with Gasteiger partial charge in [-0.3, -0.25) is 9.69 Å². The van der Waals surface area contributed by atoms with Crippen LogP contribution in [0.2, 0.25) is 0 Å². The first kappa shape index (κ1) is 22.1. The Bertz CT molecular complexity index is 791. The summed E-state index contributed by atoms with van der Waals surface area (Å²) in [7, 11) is 0. The fourth-order valence-electron chi connectivity index (χ4n) is 3.56. The van der Waals surface area contributed by atoms with E-state index in [2.05, 4.69) is 29.3 Å². The van der Waals surface area contributed by atoms with E-state index in [4.69, 9.17) is 14.2 Å². The molecule has 0 spiro atoms. The molecule has 1 aliphatic rings. The molecule has 1 heterocycles. The average molecular weight is 413 g/mol. The number of rotatable bonds is 10. The van der Waals surface area contributed by atoms with Crippen LogP contribution < -0.4 is 14.8 Å². The zero-order valence-corrected chi connectivity index (χ0v) is 17.9. The van der Waals surface area contributed by atoms with Gasteiger partial charge in [0.05, 0.1) is 32.5 Å². The topological polar surface area (TPSA) is 60.0 Å². The van der Waals surface area contributed by atoms with Crippen molar-refractivity contribution in [1.29, 1.82) is 0 Å². The molecule has 0 aliphatic carbocycles. The normalized spacial score (nSPS) is 15.4. The molecule has 1 atom stereocenters. The summed E-state index contributed by atoms with van der Waals surface area (Å²) < 4.78 is 16.9. The number of hydrogen-bond donors (Lipinski definition) is 1. The van der Waals surface area contributed by atoms with Gasteiger partial charge in [0, 0.05) is 25.2 Å². The summed E-state index contributed by atoms with van der Waals surface area (Å²) in [6.45, 7) is 8.78. The number of morpholine rings is 1. The van der Waals surface area contributed by atoms with E-state index in [0.29, 0.717) is 50.0 Å². The third kappa shape index (κ3) is 5.97. The van der Waals surface area contributed by atoms with Crippen LogP contribution in [0.15, 0.2) is 48.5 Å². The van der Waals surface area contributed by atoms with Gasteiger partial charge >= 0.3 is 0 Å². The zero-order valence-electron chi connectivity index (χ0n) is 17.9. The maximum absolute atomic E-state index is 12.9. The molecule has 0 saturated carbocycles. The van der Waals surface area contributed by atoms with Gasteiger partial charge in [-0.15, -0.1) is 0 Å². The molecule has 3 rings (SSSR count). The predicted molar refractivity (Wildman–Crippen MR) is 117 cm³/mol. The molecule has 0 radical (unpaired) electrons. The van der Waals surface area contributed by atoms with Crippen LogP contribution in [0, 0.1) is 0 Å². The van der Waals surface area contributed by atoms with Gasteiger partial charge in [0.2, 0.25) is 0 Å². The van der Waals surface area contributed by atoms with Crippen molar-refractivity contribution in [2.75, 3.05) is 46.1 Å². The van der Waals surface area contributed by atoms with Crippen LogP contribution in [0.3, 0.4) is 0 Å². The Morgan fingerprint density at radius 1 is 1.07 bits per heavy atom. The van der Waals surface area contributed by atoms with E-state index in [1.54, 1.807) is 12.1 Å². The number of nitrogens with zero attached hydrogens (tertiary/aromatic N) is 1. The van der Waals surface area contributed by atoms with E-state index in [1.807, 2.05) is 31.2 Å². The number of nitrogens with one attached hydrogen (secondary N) is 1. The number of carbonyl (C=O) groups is 1. The summed E-state index contributed by atoms with van der Waals surface area (Å²) in [5.41, 5.74) is 1.76. The minimum Gasteiger partial charge on any atom is -0.490 e. The molecule has 2 aromatic carbocycles. The SMILES string of the molecule is CCCOc1ccc(C(=O)NCC(c2ccccc2)N2CCOCC2)cc1OCC. The minimum absolute atomic E-state index is 0.109. The summed E-state index contributed by atoms with van der Waals surface area (Å²) in [6, 6.07) is 15.8. The van der Waals surface area contributed by atoms with Crippen molar-refractivity contribution < 1.29 is 19.0 Å². The Morgan fingerprint density at radius 3 is 2.53 bits per heavy atom. The molecule has 1 fully saturated rings. The average Bonchev–Trinajstić information content (AvgIpc) is 2.80. The molecule has 0 aromatic heterocycles. The molecule has 1 aliphatic heterocycles. The molecule has 162 valence electrons. The van der Waals surface area contributed by atoms with Gasteiger partial charge in [0.15, 0.2) is 11.5 Å². The van der Waals surface area contributed by atoms with Crippen LogP contribution >= 0.6 is 0 Å². The van der Waals surface area contributed by atoms with Crippen molar-refractivity contribution in [1.82, 2.24) is 10.2 Å². The van der Waals surface area contributed by atoms with E-state index in [9.17, 15) is 4.79 Å². The van der Waals surface area contributed by atoms with Gasteiger partial charge in [0.25, 0.3) is 5.91 Å². The molecule has 1 N–H and O–H groups in total. The van der Waals surface area contributed by atoms with Gasteiger partial charge in [-0.1, -0.05) is 37.3 Å². The first-order valence-corrected chi connectivity index (χ1v) is 10.8. The highest BCUT2D eigenvalue weighted by atomic mass is 16.5. The third-order valence-corrected chi connectivity index (χ3v) is 5.09. The van der Waals surface area contributed by atoms with Crippen molar-refractivity contribution in [3.05, 3.63) is 59.7 Å². The predicted octanol–water partition coefficient (Wildman–Crippen LogP) is 3.68. The number of hydrogen-bond acceptors (Lipinski definition) is 5. The van der Waals surface area contributed by atoms with E-state index in [0.717, 1.165) is 19.5 Å². The first-order chi connectivity index (χ1) is 14.7. The van der Waals surface area contributed by atoms with Crippen LogP contribution in [-0.4, -0.2) is 56.9 Å². The lowest BCUT2D eigenvalue weighted by molar-refractivity contribution is 0.0162. The maximum Gasteiger partial charge on any atom is 0.251 e. The van der Waals surface area contributed by atoms with Gasteiger partial charge in [-0.25, -0.2) is 0 Å². The summed E-state index contributed by atoms with van der Waals surface area (Å²) in [6.07, 6.45) is 0.913. The fourth-order valence-corrected chi connectivity index (χ4v) is 3.56. The molecule has 6 nitrogen and oxygen atoms in total. The standard InChI is InChI=1S/C24H32N2O4/c1-3-14-30-22-11-10-20(17-23(22)29-4-2)24(27)25-18-21(19-8-6-5-7-9-19)26-12-15-28-16-13-26/h5-11,17,21H,3-4,12-16,18H2,1-2H3,(H,25,27). The largest absolute Gasteiger partial charge is 0.490 e. The van der Waals surface area contributed by atoms with Crippen molar-refractivity contribution in [2.24, 2.45) is 0 Å². The van der Waals surface area contributed by atoms with E-state index in [1.165, 1.54) is 5.56 Å². The Morgan fingerprint density at radius 2 is 1.83 bits per heavy atom. The lowest BCUT2D eigenvalue weighted by Gasteiger charge is -2.35. The smallest absolute Gasteiger partial charge is 0.251 e. The highest BCUT2D eigenvalue weighted by Gasteiger charge is 2.23. The third-order valence-electron chi connectivity index (χ3n) is 5.09. The van der Waals surface area contributed by atoms with Crippen molar-refractivity contribution >= 4 is 5.91 Å². The Hall–Kier alpha value is -2.57. The Balaban J connectivity index is 1.70. The second-order valence-corrected chi connectivity index (χ2v) is 7.23. The van der Waals surface area contributed by atoms with Crippen molar-refractivity contribution in [3.8, 4) is 11.5 Å². The molecular formula is C24H32N2O4. The van der Waals surface area contributed by atoms with Crippen LogP contribution in [0.5, 0.6) is 11.5 Å². The van der Waals surface area contributed by atoms with Gasteiger partial charge in [0.1, 0.15) is 0 Å². The highest BCUT2D eigenvalue weighted by molar-refractivity contribution is 5.94. The van der Waals surface area contributed by atoms with Crippen molar-refractivity contribution in [3.63, 3.8) is 0 Å². The molecule has 2 aromatic rings. The van der Waals surface area contributed by atoms with Crippen LogP contribution in [-0.2, 0) is 4.74 Å². The lowest BCUT2D eigenvalue weighted by atomic mass is 10.0. The molecular weight excluding hydrogens is 380 g/mol. The Labute approximate surface area is 179 Å². The molecule has 30 heavy (non-hydrogen) atoms. The Kier molecular flexibility index (Phi) is 8.53. The second kappa shape index (κ2) is 11.6. The highest BCUT2D eigenvalue weighted by Crippen LogP contribution is 2.29. The van der Waals surface area contributed by atoms with Crippen LogP contribution in [0.4, 0.5) is 0 Å². The maximum atomic E-state index is 12.9. The lowest BCUT2D eigenvalue weighted by Crippen LogP contribution is -2.43. The number of ether oxygens (including phenoxy) is 3. The van der Waals surface area contributed by atoms with Crippen LogP contribution in [0.25, 0.3) is 0 Å². The summed E-state index contributed by atoms with van der Waals surface area (Å²) in [4.78, 5) is 15.3. The molecule has 6 heteroatoms. The summed E-state index contributed by atoms with van der Waals surface area (Å²) >= 11 is 0. The minimum atomic E-state index is -0.118. The molecule has 1 unspecified atom stereocenters. The zero-order chi connectivity index (χ0) is 21.2. The monoisotopic (exact) mass is 412 g/mol. The van der Waals surface area contributed by atoms with E-state index >= 15 is 0 Å². The quantitative estimate of drug-likeness (QED) is 0.645. The second-order valence-electron chi connectivity index (χ2n) is 7.23. The molecule has 0 bridgehead atoms. The summed E-state index contributed by atoms with van der Waals surface area (Å²) in [5, 5.41) is 3.11. The number of amides is 1. The van der Waals surface area contributed by atoms with Gasteiger partial charge < -0.3 is 19.5 Å². The molecule has 1 amide bonds. The number of benzene rings is 2. The van der Waals surface area contributed by atoms with Crippen molar-refractivity contribution in [2.45, 2.75) is 26.3 Å². The first-order valence-electron chi connectivity index (χ1n) is 10.8. The fraction of sp³-hybridized carbons (Fsp3) is 0.458. The van der Waals surface area contributed by atoms with E-state index < -0.39 is 0 Å². The van der Waals surface area contributed by atoms with Gasteiger partial charge in [-0.2, -0.15) is 0 Å². The summed E-state index contributed by atoms with van der Waals surface area (Å²) in [5.74, 6) is 1.16. The van der Waals surface area contributed by atoms with Crippen LogP contribution in [0.1, 0.15) is 42.2 Å². The van der Waals surface area contributed by atoms with E-state index in [-0.39, 0.29) is 11.9 Å². The molecule has 1 saturated heterocycles. The van der Waals surface area contributed by atoms with Gasteiger partial charge in [-0.05, 0) is 37.1 Å².